The fraction of sp³-hybridized carbons (Fsp3) is 0.167. The summed E-state index contributed by atoms with van der Waals surface area (Å²) in [6.45, 7) is 3.60. The normalized spacial score (nSPS) is 12.0. The molecule has 0 aliphatic carbocycles. The topological polar surface area (TPSA) is 106 Å². The van der Waals surface area contributed by atoms with Gasteiger partial charge in [0.25, 0.3) is 5.56 Å². The lowest BCUT2D eigenvalue weighted by Gasteiger charge is -2.07. The third-order valence-electron chi connectivity index (χ3n) is 4.43. The minimum atomic E-state index is -3.97. The molecule has 138 valence electrons. The zero-order chi connectivity index (χ0) is 19.3. The summed E-state index contributed by atoms with van der Waals surface area (Å²) in [5.74, 6) is 0.366. The summed E-state index contributed by atoms with van der Waals surface area (Å²) >= 11 is 0. The van der Waals surface area contributed by atoms with E-state index in [0.717, 1.165) is 5.56 Å². The van der Waals surface area contributed by atoms with E-state index in [1.807, 2.05) is 6.92 Å². The Morgan fingerprint density at radius 2 is 1.93 bits per heavy atom. The number of aromatic nitrogens is 4. The van der Waals surface area contributed by atoms with E-state index in [9.17, 15) is 13.2 Å². The van der Waals surface area contributed by atoms with Crippen LogP contribution in [0.15, 0.2) is 51.1 Å². The average molecular weight is 384 g/mol. The number of sulfone groups is 1. The van der Waals surface area contributed by atoms with E-state index in [4.69, 9.17) is 4.74 Å². The van der Waals surface area contributed by atoms with Crippen molar-refractivity contribution in [2.45, 2.75) is 23.8 Å². The molecule has 27 heavy (non-hydrogen) atoms. The van der Waals surface area contributed by atoms with Crippen LogP contribution in [-0.2, 0) is 9.84 Å². The van der Waals surface area contributed by atoms with E-state index in [1.165, 1.54) is 17.7 Å². The molecule has 8 nitrogen and oxygen atoms in total. The van der Waals surface area contributed by atoms with Crippen molar-refractivity contribution in [3.05, 3.63) is 57.9 Å². The van der Waals surface area contributed by atoms with E-state index in [2.05, 4.69) is 15.3 Å². The molecule has 0 unspecified atom stereocenters. The molecule has 0 spiro atoms. The number of H-pyrrole nitrogens is 1. The predicted octanol–water partition coefficient (Wildman–Crippen LogP) is 2.03. The summed E-state index contributed by atoms with van der Waals surface area (Å²) in [7, 11) is -2.51. The Hall–Kier alpha value is -3.20. The van der Waals surface area contributed by atoms with Crippen LogP contribution in [0.3, 0.4) is 0 Å². The molecular weight excluding hydrogens is 368 g/mol. The second-order valence-electron chi connectivity index (χ2n) is 6.24. The Balaban J connectivity index is 2.06. The first kappa shape index (κ1) is 17.2. The summed E-state index contributed by atoms with van der Waals surface area (Å²) in [4.78, 5) is 15.3. The van der Waals surface area contributed by atoms with E-state index in [0.29, 0.717) is 16.8 Å². The van der Waals surface area contributed by atoms with Gasteiger partial charge in [-0.25, -0.2) is 8.42 Å². The number of methoxy groups -OCH3 is 1. The molecular formula is C18H16N4O4S. The van der Waals surface area contributed by atoms with Crippen molar-refractivity contribution in [1.29, 1.82) is 0 Å². The van der Waals surface area contributed by atoms with Crippen molar-refractivity contribution in [2.75, 3.05) is 7.11 Å². The second-order valence-corrected chi connectivity index (χ2v) is 8.07. The molecule has 0 fully saturated rings. The minimum absolute atomic E-state index is 0.0146. The summed E-state index contributed by atoms with van der Waals surface area (Å²) in [5.41, 5.74) is 1.49. The van der Waals surface area contributed by atoms with Gasteiger partial charge in [-0.05, 0) is 37.6 Å². The Morgan fingerprint density at radius 3 is 2.63 bits per heavy atom. The average Bonchev–Trinajstić information content (AvgIpc) is 3.05. The molecule has 0 saturated carbocycles. The number of aryl methyl sites for hydroxylation is 2. The molecule has 0 bridgehead atoms. The summed E-state index contributed by atoms with van der Waals surface area (Å²) in [5, 5.41) is 7.81. The molecule has 1 N–H and O–H groups in total. The standard InChI is InChI=1S/C18H16N4O4S/c1-10-7-8-14(11(2)9-10)27(24,25)18-16-19-17(23)15-12(22(16)21-20-18)5-4-6-13(15)26-3/h4-9H,1-3H3,(H,19,23). The molecule has 0 atom stereocenters. The van der Waals surface area contributed by atoms with Crippen LogP contribution in [0.5, 0.6) is 5.75 Å². The van der Waals surface area contributed by atoms with Gasteiger partial charge >= 0.3 is 0 Å². The molecule has 4 rings (SSSR count). The number of fused-ring (bicyclic) bond motifs is 3. The monoisotopic (exact) mass is 384 g/mol. The molecule has 2 aromatic heterocycles. The predicted molar refractivity (Wildman–Crippen MR) is 99.0 cm³/mol. The van der Waals surface area contributed by atoms with Crippen LogP contribution in [0.2, 0.25) is 0 Å². The second kappa shape index (κ2) is 5.92. The third-order valence-corrected chi connectivity index (χ3v) is 6.25. The number of benzene rings is 2. The highest BCUT2D eigenvalue weighted by atomic mass is 32.2. The molecule has 0 aliphatic heterocycles. The van der Waals surface area contributed by atoms with Gasteiger partial charge in [0.1, 0.15) is 11.1 Å². The molecule has 0 saturated heterocycles. The Kier molecular flexibility index (Phi) is 3.77. The van der Waals surface area contributed by atoms with E-state index in [-0.39, 0.29) is 21.0 Å². The van der Waals surface area contributed by atoms with Gasteiger partial charge in [0.05, 0.1) is 17.5 Å². The van der Waals surface area contributed by atoms with Crippen LogP contribution in [0.25, 0.3) is 16.6 Å². The quantitative estimate of drug-likeness (QED) is 0.579. The number of nitrogens with one attached hydrogen (secondary N) is 1. The lowest BCUT2D eigenvalue weighted by Crippen LogP contribution is -2.13. The van der Waals surface area contributed by atoms with Gasteiger partial charge in [-0.15, -0.1) is 5.10 Å². The maximum atomic E-state index is 13.1. The first-order valence-electron chi connectivity index (χ1n) is 8.11. The Morgan fingerprint density at radius 1 is 1.15 bits per heavy atom. The van der Waals surface area contributed by atoms with Crippen LogP contribution in [0.4, 0.5) is 0 Å². The van der Waals surface area contributed by atoms with Crippen LogP contribution in [0, 0.1) is 13.8 Å². The van der Waals surface area contributed by atoms with Crippen LogP contribution in [0.1, 0.15) is 11.1 Å². The van der Waals surface area contributed by atoms with Gasteiger partial charge in [-0.3, -0.25) is 4.79 Å². The third kappa shape index (κ3) is 2.50. The first-order chi connectivity index (χ1) is 12.8. The van der Waals surface area contributed by atoms with E-state index >= 15 is 0 Å². The number of aromatic amines is 1. The van der Waals surface area contributed by atoms with Crippen molar-refractivity contribution in [1.82, 2.24) is 19.8 Å². The molecule has 9 heteroatoms. The minimum Gasteiger partial charge on any atom is -0.496 e. The number of nitrogens with zero attached hydrogens (tertiary/aromatic N) is 3. The summed E-state index contributed by atoms with van der Waals surface area (Å²) < 4.78 is 32.8. The Bertz CT molecular complexity index is 1370. The van der Waals surface area contributed by atoms with Crippen molar-refractivity contribution in [3.8, 4) is 5.75 Å². The fourth-order valence-corrected chi connectivity index (χ4v) is 4.67. The largest absolute Gasteiger partial charge is 0.496 e. The zero-order valence-corrected chi connectivity index (χ0v) is 15.7. The van der Waals surface area contributed by atoms with Crippen molar-refractivity contribution < 1.29 is 13.2 Å². The Labute approximate surface area is 154 Å². The number of hydrogen-bond donors (Lipinski definition) is 1. The smallest absolute Gasteiger partial charge is 0.262 e. The van der Waals surface area contributed by atoms with Gasteiger partial charge in [-0.2, -0.15) is 4.52 Å². The van der Waals surface area contributed by atoms with Gasteiger partial charge in [-0.1, -0.05) is 29.0 Å². The highest BCUT2D eigenvalue weighted by Crippen LogP contribution is 2.27. The molecule has 2 aromatic carbocycles. The van der Waals surface area contributed by atoms with Gasteiger partial charge < -0.3 is 9.72 Å². The van der Waals surface area contributed by atoms with Gasteiger partial charge in [0.2, 0.25) is 14.9 Å². The maximum absolute atomic E-state index is 13.1. The lowest BCUT2D eigenvalue weighted by molar-refractivity contribution is 0.419. The first-order valence-corrected chi connectivity index (χ1v) is 9.59. The lowest BCUT2D eigenvalue weighted by atomic mass is 10.2. The van der Waals surface area contributed by atoms with Gasteiger partial charge in [0.15, 0.2) is 5.65 Å². The number of rotatable bonds is 3. The van der Waals surface area contributed by atoms with E-state index < -0.39 is 15.4 Å². The van der Waals surface area contributed by atoms with E-state index in [1.54, 1.807) is 37.3 Å². The van der Waals surface area contributed by atoms with Crippen molar-refractivity contribution in [3.63, 3.8) is 0 Å². The summed E-state index contributed by atoms with van der Waals surface area (Å²) in [6, 6.07) is 10.0. The molecule has 0 amide bonds. The maximum Gasteiger partial charge on any atom is 0.262 e. The van der Waals surface area contributed by atoms with Crippen LogP contribution >= 0.6 is 0 Å². The van der Waals surface area contributed by atoms with Crippen LogP contribution in [-0.4, -0.2) is 35.3 Å². The molecule has 4 aromatic rings. The molecule has 0 aliphatic rings. The number of ether oxygens (including phenoxy) is 1. The SMILES string of the molecule is COc1cccc2c1c(=O)[nH]c1c(S(=O)(=O)c3ccc(C)cc3C)nnn12. The van der Waals surface area contributed by atoms with Crippen molar-refractivity contribution in [2.24, 2.45) is 0 Å². The fourth-order valence-electron chi connectivity index (χ4n) is 3.19. The van der Waals surface area contributed by atoms with Crippen molar-refractivity contribution >= 4 is 26.4 Å². The zero-order valence-electron chi connectivity index (χ0n) is 14.8. The summed E-state index contributed by atoms with van der Waals surface area (Å²) in [6.07, 6.45) is 0. The van der Waals surface area contributed by atoms with Gasteiger partial charge in [0, 0.05) is 0 Å². The molecule has 0 radical (unpaired) electrons. The highest BCUT2D eigenvalue weighted by molar-refractivity contribution is 7.91. The molecule has 2 heterocycles. The highest BCUT2D eigenvalue weighted by Gasteiger charge is 2.28. The van der Waals surface area contributed by atoms with Crippen LogP contribution < -0.4 is 10.3 Å². The number of hydrogen-bond acceptors (Lipinski definition) is 6.